The molecule has 0 fully saturated rings. The lowest BCUT2D eigenvalue weighted by atomic mass is 10.3. The van der Waals surface area contributed by atoms with Crippen molar-refractivity contribution in [3.8, 4) is 0 Å². The maximum Gasteiger partial charge on any atom is 0.106 e. The maximum absolute atomic E-state index is 9.92. The fourth-order valence-electron chi connectivity index (χ4n) is 0.714. The summed E-state index contributed by atoms with van der Waals surface area (Å²) in [5.74, 6) is 0. The van der Waals surface area contributed by atoms with E-state index in [4.69, 9.17) is 9.47 Å². The third-order valence-electron chi connectivity index (χ3n) is 1.26. The molecule has 0 spiro atoms. The van der Waals surface area contributed by atoms with Gasteiger partial charge in [-0.1, -0.05) is 0 Å². The van der Waals surface area contributed by atoms with Gasteiger partial charge < -0.3 is 9.47 Å². The van der Waals surface area contributed by atoms with Crippen molar-refractivity contribution in [3.05, 3.63) is 0 Å². The highest BCUT2D eigenvalue weighted by atomic mass is 16.5. The van der Waals surface area contributed by atoms with Crippen LogP contribution in [0.4, 0.5) is 0 Å². The van der Waals surface area contributed by atoms with Crippen molar-refractivity contribution in [2.24, 2.45) is 0 Å². The van der Waals surface area contributed by atoms with Crippen molar-refractivity contribution in [2.45, 2.75) is 19.8 Å². The van der Waals surface area contributed by atoms with E-state index in [1.54, 1.807) is 0 Å². The van der Waals surface area contributed by atoms with Gasteiger partial charge in [0.2, 0.25) is 0 Å². The SMILES string of the molecule is CCOCCCCOCC[O]. The molecule has 67 valence electrons. The van der Waals surface area contributed by atoms with Crippen LogP contribution in [0.2, 0.25) is 0 Å². The van der Waals surface area contributed by atoms with Gasteiger partial charge >= 0.3 is 0 Å². The van der Waals surface area contributed by atoms with E-state index in [1.807, 2.05) is 6.92 Å². The first-order valence-electron chi connectivity index (χ1n) is 4.15. The highest BCUT2D eigenvalue weighted by Gasteiger charge is 1.88. The molecule has 0 heterocycles. The van der Waals surface area contributed by atoms with Gasteiger partial charge in [0.05, 0.1) is 6.61 Å². The molecule has 3 nitrogen and oxygen atoms in total. The third-order valence-corrected chi connectivity index (χ3v) is 1.26. The Labute approximate surface area is 68.3 Å². The van der Waals surface area contributed by atoms with Gasteiger partial charge in [-0.15, -0.1) is 0 Å². The van der Waals surface area contributed by atoms with Crippen LogP contribution in [0.15, 0.2) is 0 Å². The van der Waals surface area contributed by atoms with Crippen molar-refractivity contribution in [1.29, 1.82) is 0 Å². The third kappa shape index (κ3) is 9.88. The molecule has 0 amide bonds. The standard InChI is InChI=1S/C8H17O3/c1-2-10-6-3-4-7-11-8-5-9/h2-8H2,1H3. The van der Waals surface area contributed by atoms with Crippen molar-refractivity contribution >= 4 is 0 Å². The summed E-state index contributed by atoms with van der Waals surface area (Å²) in [5.41, 5.74) is 0. The molecule has 0 bridgehead atoms. The Morgan fingerprint density at radius 2 is 1.64 bits per heavy atom. The van der Waals surface area contributed by atoms with Gasteiger partial charge in [0.25, 0.3) is 0 Å². The maximum atomic E-state index is 9.92. The van der Waals surface area contributed by atoms with E-state index < -0.39 is 0 Å². The summed E-state index contributed by atoms with van der Waals surface area (Å²) in [4.78, 5) is 0. The molecule has 0 saturated heterocycles. The zero-order chi connectivity index (χ0) is 8.36. The number of unbranched alkanes of at least 4 members (excludes halogenated alkanes) is 1. The van der Waals surface area contributed by atoms with Crippen LogP contribution in [0.1, 0.15) is 19.8 Å². The number of hydrogen-bond donors (Lipinski definition) is 0. The lowest BCUT2D eigenvalue weighted by Gasteiger charge is -2.01. The largest absolute Gasteiger partial charge is 0.382 e. The van der Waals surface area contributed by atoms with E-state index in [0.29, 0.717) is 13.2 Å². The number of rotatable bonds is 8. The molecular formula is C8H17O3. The van der Waals surface area contributed by atoms with E-state index in [-0.39, 0.29) is 6.61 Å². The van der Waals surface area contributed by atoms with Crippen molar-refractivity contribution in [1.82, 2.24) is 0 Å². The van der Waals surface area contributed by atoms with E-state index in [2.05, 4.69) is 0 Å². The Bertz CT molecular complexity index is 58.4. The van der Waals surface area contributed by atoms with E-state index in [9.17, 15) is 5.11 Å². The highest BCUT2D eigenvalue weighted by Crippen LogP contribution is 1.90. The van der Waals surface area contributed by atoms with Crippen LogP contribution in [-0.4, -0.2) is 33.0 Å². The molecule has 0 saturated carbocycles. The molecule has 0 rings (SSSR count). The minimum atomic E-state index is -0.133. The molecule has 0 aliphatic heterocycles. The summed E-state index contributed by atoms with van der Waals surface area (Å²) in [6, 6.07) is 0. The molecule has 1 radical (unpaired) electrons. The second-order valence-corrected chi connectivity index (χ2v) is 2.22. The van der Waals surface area contributed by atoms with Crippen molar-refractivity contribution < 1.29 is 14.6 Å². The minimum Gasteiger partial charge on any atom is -0.382 e. The fraction of sp³-hybridized carbons (Fsp3) is 1.00. The summed E-state index contributed by atoms with van der Waals surface area (Å²) in [6.45, 7) is 4.46. The lowest BCUT2D eigenvalue weighted by molar-refractivity contribution is 0.0576. The smallest absolute Gasteiger partial charge is 0.106 e. The second kappa shape index (κ2) is 9.88. The fourth-order valence-corrected chi connectivity index (χ4v) is 0.714. The van der Waals surface area contributed by atoms with Gasteiger partial charge in [-0.05, 0) is 19.8 Å². The van der Waals surface area contributed by atoms with Crippen LogP contribution in [0.5, 0.6) is 0 Å². The van der Waals surface area contributed by atoms with Gasteiger partial charge in [-0.3, -0.25) is 0 Å². The molecule has 0 unspecified atom stereocenters. The topological polar surface area (TPSA) is 38.4 Å². The minimum absolute atomic E-state index is 0.133. The van der Waals surface area contributed by atoms with Crippen LogP contribution in [-0.2, 0) is 14.6 Å². The monoisotopic (exact) mass is 161 g/mol. The zero-order valence-electron chi connectivity index (χ0n) is 7.17. The van der Waals surface area contributed by atoms with Gasteiger partial charge in [-0.25, -0.2) is 5.11 Å². The average molecular weight is 161 g/mol. The van der Waals surface area contributed by atoms with Crippen molar-refractivity contribution in [3.63, 3.8) is 0 Å². The molecule has 0 aromatic heterocycles. The Morgan fingerprint density at radius 1 is 1.00 bits per heavy atom. The van der Waals surface area contributed by atoms with Crippen LogP contribution < -0.4 is 0 Å². The lowest BCUT2D eigenvalue weighted by Crippen LogP contribution is -2.01. The Kier molecular flexibility index (Phi) is 9.77. The van der Waals surface area contributed by atoms with E-state index >= 15 is 0 Å². The first kappa shape index (κ1) is 10.9. The molecule has 11 heavy (non-hydrogen) atoms. The summed E-state index contributed by atoms with van der Waals surface area (Å²) < 4.78 is 10.1. The Hall–Kier alpha value is -0.120. The molecule has 3 heteroatoms. The molecule has 0 aliphatic carbocycles. The quantitative estimate of drug-likeness (QED) is 0.502. The van der Waals surface area contributed by atoms with Gasteiger partial charge in [0.1, 0.15) is 6.61 Å². The summed E-state index contributed by atoms with van der Waals surface area (Å²) in [7, 11) is 0. The Morgan fingerprint density at radius 3 is 2.18 bits per heavy atom. The van der Waals surface area contributed by atoms with Crippen molar-refractivity contribution in [2.75, 3.05) is 33.0 Å². The molecule has 0 aliphatic rings. The van der Waals surface area contributed by atoms with Gasteiger partial charge in [0, 0.05) is 19.8 Å². The van der Waals surface area contributed by atoms with Gasteiger partial charge in [0.15, 0.2) is 0 Å². The van der Waals surface area contributed by atoms with Crippen LogP contribution >= 0.6 is 0 Å². The number of ether oxygens (including phenoxy) is 2. The number of hydrogen-bond acceptors (Lipinski definition) is 2. The summed E-state index contributed by atoms with van der Waals surface area (Å²) >= 11 is 0. The first-order valence-corrected chi connectivity index (χ1v) is 4.15. The molecule has 0 aromatic carbocycles. The summed E-state index contributed by atoms with van der Waals surface area (Å²) in [5, 5.41) is 9.92. The Balaban J connectivity index is 2.69. The average Bonchev–Trinajstić information content (AvgIpc) is 2.03. The first-order chi connectivity index (χ1) is 5.41. The van der Waals surface area contributed by atoms with E-state index in [0.717, 1.165) is 26.1 Å². The summed E-state index contributed by atoms with van der Waals surface area (Å²) in [6.07, 6.45) is 2.01. The van der Waals surface area contributed by atoms with Gasteiger partial charge in [-0.2, -0.15) is 0 Å². The second-order valence-electron chi connectivity index (χ2n) is 2.22. The van der Waals surface area contributed by atoms with Crippen LogP contribution in [0.3, 0.4) is 0 Å². The highest BCUT2D eigenvalue weighted by molar-refractivity contribution is 4.37. The molecule has 0 N–H and O–H groups in total. The normalized spacial score (nSPS) is 10.4. The zero-order valence-corrected chi connectivity index (χ0v) is 7.17. The predicted octanol–water partition coefficient (Wildman–Crippen LogP) is 1.25. The predicted molar refractivity (Wildman–Crippen MR) is 42.1 cm³/mol. The van der Waals surface area contributed by atoms with Crippen LogP contribution in [0.25, 0.3) is 0 Å². The molecule has 0 aromatic rings. The van der Waals surface area contributed by atoms with Crippen LogP contribution in [0, 0.1) is 0 Å². The molecular weight excluding hydrogens is 144 g/mol. The van der Waals surface area contributed by atoms with E-state index in [1.165, 1.54) is 0 Å². The molecule has 0 atom stereocenters.